The number of aryl methyl sites for hydroxylation is 2. The van der Waals surface area contributed by atoms with Crippen LogP contribution in [0.2, 0.25) is 5.02 Å². The van der Waals surface area contributed by atoms with Gasteiger partial charge in [0.2, 0.25) is 5.91 Å². The zero-order valence-corrected chi connectivity index (χ0v) is 12.2. The Morgan fingerprint density at radius 1 is 1.42 bits per heavy atom. The molecule has 0 atom stereocenters. The highest BCUT2D eigenvalue weighted by atomic mass is 35.5. The Morgan fingerprint density at radius 2 is 2.21 bits per heavy atom. The Kier molecular flexibility index (Phi) is 4.35. The van der Waals surface area contributed by atoms with Gasteiger partial charge in [0.25, 0.3) is 0 Å². The molecule has 0 aliphatic carbocycles. The van der Waals surface area contributed by atoms with E-state index in [0.29, 0.717) is 5.02 Å². The van der Waals surface area contributed by atoms with Gasteiger partial charge in [-0.25, -0.2) is 4.98 Å². The number of benzene rings is 1. The van der Waals surface area contributed by atoms with Gasteiger partial charge in [-0.1, -0.05) is 17.7 Å². The number of halogens is 1. The van der Waals surface area contributed by atoms with E-state index >= 15 is 0 Å². The van der Waals surface area contributed by atoms with Crippen molar-refractivity contribution < 1.29 is 4.79 Å². The molecule has 0 saturated heterocycles. The molecule has 1 heterocycles. The average Bonchev–Trinajstić information content (AvgIpc) is 2.77. The fourth-order valence-electron chi connectivity index (χ4n) is 1.52. The molecule has 1 aromatic carbocycles. The maximum Gasteiger partial charge on any atom is 0.248 e. The molecule has 2 aromatic rings. The van der Waals surface area contributed by atoms with Gasteiger partial charge in [0.05, 0.1) is 10.7 Å². The van der Waals surface area contributed by atoms with Crippen molar-refractivity contribution in [1.82, 2.24) is 4.98 Å². The number of amides is 1. The lowest BCUT2D eigenvalue weighted by atomic mass is 10.2. The monoisotopic (exact) mass is 292 g/mol. The number of anilines is 1. The highest BCUT2D eigenvalue weighted by Gasteiger charge is 2.03. The minimum absolute atomic E-state index is 0.198. The molecule has 0 saturated carbocycles. The Labute approximate surface area is 120 Å². The summed E-state index contributed by atoms with van der Waals surface area (Å²) >= 11 is 7.45. The zero-order valence-electron chi connectivity index (χ0n) is 10.6. The van der Waals surface area contributed by atoms with Gasteiger partial charge in [0.15, 0.2) is 0 Å². The number of hydrogen-bond donors (Lipinski definition) is 1. The summed E-state index contributed by atoms with van der Waals surface area (Å²) in [5, 5.41) is 6.27. The molecule has 3 nitrogen and oxygen atoms in total. The fourth-order valence-corrected chi connectivity index (χ4v) is 2.27. The normalized spacial score (nSPS) is 10.9. The van der Waals surface area contributed by atoms with Crippen molar-refractivity contribution in [1.29, 1.82) is 0 Å². The second-order valence-corrected chi connectivity index (χ2v) is 5.57. The number of nitrogens with zero attached hydrogens (tertiary/aromatic N) is 1. The number of aromatic nitrogens is 1. The first-order valence-electron chi connectivity index (χ1n) is 5.72. The zero-order chi connectivity index (χ0) is 13.8. The molecule has 1 aromatic heterocycles. The van der Waals surface area contributed by atoms with Crippen LogP contribution in [0.25, 0.3) is 6.08 Å². The van der Waals surface area contributed by atoms with Crippen LogP contribution in [0.3, 0.4) is 0 Å². The summed E-state index contributed by atoms with van der Waals surface area (Å²) in [7, 11) is 0. The highest BCUT2D eigenvalue weighted by Crippen LogP contribution is 2.20. The molecule has 0 aliphatic rings. The third-order valence-corrected chi connectivity index (χ3v) is 3.53. The summed E-state index contributed by atoms with van der Waals surface area (Å²) in [5.74, 6) is -0.198. The van der Waals surface area contributed by atoms with Crippen molar-refractivity contribution in [2.24, 2.45) is 0 Å². The predicted octanol–water partition coefficient (Wildman–Crippen LogP) is 4.07. The summed E-state index contributed by atoms with van der Waals surface area (Å²) in [5.41, 5.74) is 2.48. The number of rotatable bonds is 3. The van der Waals surface area contributed by atoms with Gasteiger partial charge in [0.1, 0.15) is 0 Å². The molecule has 98 valence electrons. The molecule has 1 N–H and O–H groups in total. The first kappa shape index (κ1) is 13.8. The van der Waals surface area contributed by atoms with E-state index in [1.807, 2.05) is 25.3 Å². The smallest absolute Gasteiger partial charge is 0.248 e. The topological polar surface area (TPSA) is 42.0 Å². The molecule has 19 heavy (non-hydrogen) atoms. The van der Waals surface area contributed by atoms with Gasteiger partial charge in [-0.3, -0.25) is 4.79 Å². The van der Waals surface area contributed by atoms with E-state index < -0.39 is 0 Å². The molecule has 2 rings (SSSR count). The van der Waals surface area contributed by atoms with Crippen molar-refractivity contribution in [2.75, 3.05) is 5.32 Å². The van der Waals surface area contributed by atoms with E-state index in [9.17, 15) is 4.79 Å². The van der Waals surface area contributed by atoms with Crippen LogP contribution in [-0.4, -0.2) is 10.9 Å². The van der Waals surface area contributed by atoms with E-state index in [4.69, 9.17) is 11.6 Å². The molecule has 5 heteroatoms. The van der Waals surface area contributed by atoms with Crippen molar-refractivity contribution in [3.05, 3.63) is 50.9 Å². The second kappa shape index (κ2) is 5.99. The van der Waals surface area contributed by atoms with Gasteiger partial charge >= 0.3 is 0 Å². The minimum atomic E-state index is -0.198. The van der Waals surface area contributed by atoms with Crippen LogP contribution >= 0.6 is 22.9 Å². The quantitative estimate of drug-likeness (QED) is 0.867. The first-order valence-corrected chi connectivity index (χ1v) is 6.98. The SMILES string of the molecule is Cc1nc(/C=C/C(=O)Nc2cc(Cl)ccc2C)cs1. The Hall–Kier alpha value is -1.65. The molecular weight excluding hydrogens is 280 g/mol. The first-order chi connectivity index (χ1) is 9.04. The van der Waals surface area contributed by atoms with Crippen LogP contribution in [0.15, 0.2) is 29.7 Å². The number of nitrogens with one attached hydrogen (secondary N) is 1. The maximum absolute atomic E-state index is 11.8. The van der Waals surface area contributed by atoms with E-state index in [-0.39, 0.29) is 5.91 Å². The van der Waals surface area contributed by atoms with Gasteiger partial charge in [0, 0.05) is 22.2 Å². The van der Waals surface area contributed by atoms with Crippen molar-refractivity contribution in [2.45, 2.75) is 13.8 Å². The standard InChI is InChI=1S/C14H13ClN2OS/c1-9-3-4-11(15)7-13(9)17-14(18)6-5-12-8-19-10(2)16-12/h3-8H,1-2H3,(H,17,18)/b6-5+. The Balaban J connectivity index is 2.05. The highest BCUT2D eigenvalue weighted by molar-refractivity contribution is 7.09. The van der Waals surface area contributed by atoms with Crippen LogP contribution in [0.4, 0.5) is 5.69 Å². The summed E-state index contributed by atoms with van der Waals surface area (Å²) in [6.07, 6.45) is 3.16. The largest absolute Gasteiger partial charge is 0.322 e. The van der Waals surface area contributed by atoms with Crippen LogP contribution in [0, 0.1) is 13.8 Å². The molecule has 0 unspecified atom stereocenters. The Morgan fingerprint density at radius 3 is 2.89 bits per heavy atom. The molecule has 0 spiro atoms. The van der Waals surface area contributed by atoms with Crippen LogP contribution in [-0.2, 0) is 4.79 Å². The maximum atomic E-state index is 11.8. The van der Waals surface area contributed by atoms with Crippen molar-refractivity contribution >= 4 is 40.6 Å². The second-order valence-electron chi connectivity index (χ2n) is 4.07. The fraction of sp³-hybridized carbons (Fsp3) is 0.143. The van der Waals surface area contributed by atoms with Gasteiger partial charge in [-0.05, 0) is 37.6 Å². The molecule has 0 fully saturated rings. The summed E-state index contributed by atoms with van der Waals surface area (Å²) in [6.45, 7) is 3.84. The third-order valence-electron chi connectivity index (χ3n) is 2.50. The lowest BCUT2D eigenvalue weighted by molar-refractivity contribution is -0.111. The van der Waals surface area contributed by atoms with E-state index in [2.05, 4.69) is 10.3 Å². The molecule has 1 amide bonds. The van der Waals surface area contributed by atoms with E-state index in [1.165, 1.54) is 6.08 Å². The van der Waals surface area contributed by atoms with E-state index in [1.54, 1.807) is 29.5 Å². The minimum Gasteiger partial charge on any atom is -0.322 e. The summed E-state index contributed by atoms with van der Waals surface area (Å²) in [6, 6.07) is 5.39. The van der Waals surface area contributed by atoms with Gasteiger partial charge in [-0.2, -0.15) is 0 Å². The van der Waals surface area contributed by atoms with Crippen molar-refractivity contribution in [3.63, 3.8) is 0 Å². The molecule has 0 bridgehead atoms. The average molecular weight is 293 g/mol. The van der Waals surface area contributed by atoms with E-state index in [0.717, 1.165) is 22.0 Å². The van der Waals surface area contributed by atoms with Crippen LogP contribution < -0.4 is 5.32 Å². The summed E-state index contributed by atoms with van der Waals surface area (Å²) < 4.78 is 0. The number of carbonyl (C=O) groups is 1. The third kappa shape index (κ3) is 3.91. The molecular formula is C14H13ClN2OS. The lowest BCUT2D eigenvalue weighted by Gasteiger charge is -2.06. The van der Waals surface area contributed by atoms with Crippen LogP contribution in [0.1, 0.15) is 16.3 Å². The number of hydrogen-bond acceptors (Lipinski definition) is 3. The summed E-state index contributed by atoms with van der Waals surface area (Å²) in [4.78, 5) is 16.0. The Bertz CT molecular complexity index is 634. The predicted molar refractivity (Wildman–Crippen MR) is 80.7 cm³/mol. The number of carbonyl (C=O) groups excluding carboxylic acids is 1. The molecule has 0 radical (unpaired) electrons. The molecule has 0 aliphatic heterocycles. The van der Waals surface area contributed by atoms with Gasteiger partial charge in [-0.15, -0.1) is 11.3 Å². The van der Waals surface area contributed by atoms with Crippen molar-refractivity contribution in [3.8, 4) is 0 Å². The number of thiazole rings is 1. The lowest BCUT2D eigenvalue weighted by Crippen LogP contribution is -2.08. The van der Waals surface area contributed by atoms with Crippen LogP contribution in [0.5, 0.6) is 0 Å². The van der Waals surface area contributed by atoms with Gasteiger partial charge < -0.3 is 5.32 Å².